The van der Waals surface area contributed by atoms with Crippen LogP contribution in [0.1, 0.15) is 16.1 Å². The number of ether oxygens (including phenoxy) is 1. The van der Waals surface area contributed by atoms with E-state index in [4.69, 9.17) is 4.42 Å². The van der Waals surface area contributed by atoms with Crippen LogP contribution in [0.15, 0.2) is 53.2 Å². The Hall–Kier alpha value is -2.43. The van der Waals surface area contributed by atoms with Gasteiger partial charge in [0.05, 0.1) is 6.26 Å². The van der Waals surface area contributed by atoms with Gasteiger partial charge < -0.3 is 9.15 Å². The number of carbonyl (C=O) groups excluding carboxylic acids is 1. The molecule has 1 heterocycles. The minimum absolute atomic E-state index is 0.0153. The van der Waals surface area contributed by atoms with Crippen LogP contribution >= 0.6 is 0 Å². The third-order valence-corrected chi connectivity index (χ3v) is 2.31. The first kappa shape index (κ1) is 13.0. The van der Waals surface area contributed by atoms with Crippen molar-refractivity contribution in [2.75, 3.05) is 0 Å². The minimum Gasteiger partial charge on any atom is -0.465 e. The highest BCUT2D eigenvalue weighted by molar-refractivity contribution is 6.06. The largest absolute Gasteiger partial charge is 0.465 e. The number of halogens is 2. The van der Waals surface area contributed by atoms with Crippen molar-refractivity contribution in [3.63, 3.8) is 0 Å². The number of hydrogen-bond acceptors (Lipinski definition) is 3. The van der Waals surface area contributed by atoms with E-state index in [1.807, 2.05) is 0 Å². The first-order valence-electron chi connectivity index (χ1n) is 5.46. The topological polar surface area (TPSA) is 39.4 Å². The zero-order valence-corrected chi connectivity index (χ0v) is 9.75. The minimum atomic E-state index is -2.87. The summed E-state index contributed by atoms with van der Waals surface area (Å²) in [5.41, 5.74) is 0.379. The van der Waals surface area contributed by atoms with Gasteiger partial charge in [0, 0.05) is 5.56 Å². The van der Waals surface area contributed by atoms with Gasteiger partial charge in [-0.2, -0.15) is 8.78 Å². The number of carbonyl (C=O) groups is 1. The Balaban J connectivity index is 2.03. The molecule has 0 fully saturated rings. The molecule has 98 valence electrons. The smallest absolute Gasteiger partial charge is 0.387 e. The van der Waals surface area contributed by atoms with Crippen molar-refractivity contribution >= 4 is 11.9 Å². The Labute approximate surface area is 108 Å². The zero-order valence-electron chi connectivity index (χ0n) is 9.75. The summed E-state index contributed by atoms with van der Waals surface area (Å²) in [5.74, 6) is 0.326. The number of benzene rings is 1. The van der Waals surface area contributed by atoms with E-state index >= 15 is 0 Å². The summed E-state index contributed by atoms with van der Waals surface area (Å²) in [6.07, 6.45) is 4.38. The molecule has 5 heteroatoms. The number of rotatable bonds is 5. The van der Waals surface area contributed by atoms with Crippen LogP contribution < -0.4 is 4.74 Å². The van der Waals surface area contributed by atoms with Crippen molar-refractivity contribution in [2.24, 2.45) is 0 Å². The monoisotopic (exact) mass is 264 g/mol. The SMILES string of the molecule is O=C(/C=C/c1ccco1)c1ccc(OC(F)F)cc1. The summed E-state index contributed by atoms with van der Waals surface area (Å²) < 4.78 is 33.1. The maximum absolute atomic E-state index is 11.9. The van der Waals surface area contributed by atoms with E-state index in [0.717, 1.165) is 0 Å². The third-order valence-electron chi connectivity index (χ3n) is 2.31. The number of ketones is 1. The second-order valence-electron chi connectivity index (χ2n) is 3.62. The molecule has 3 nitrogen and oxygen atoms in total. The summed E-state index contributed by atoms with van der Waals surface area (Å²) in [4.78, 5) is 11.8. The van der Waals surface area contributed by atoms with Gasteiger partial charge in [0.15, 0.2) is 5.78 Å². The lowest BCUT2D eigenvalue weighted by atomic mass is 10.1. The van der Waals surface area contributed by atoms with Crippen LogP contribution in [-0.4, -0.2) is 12.4 Å². The Bertz CT molecular complexity index is 557. The predicted molar refractivity (Wildman–Crippen MR) is 65.1 cm³/mol. The van der Waals surface area contributed by atoms with E-state index < -0.39 is 6.61 Å². The summed E-state index contributed by atoms with van der Waals surface area (Å²) in [7, 11) is 0. The lowest BCUT2D eigenvalue weighted by molar-refractivity contribution is -0.0498. The predicted octanol–water partition coefficient (Wildman–Crippen LogP) is 3.78. The molecule has 2 rings (SSSR count). The standard InChI is InChI=1S/C14H10F2O3/c15-14(16)19-12-5-3-10(4-6-12)13(17)8-7-11-2-1-9-18-11/h1-9,14H/b8-7+. The van der Waals surface area contributed by atoms with E-state index in [1.54, 1.807) is 12.1 Å². The molecule has 0 atom stereocenters. The number of allylic oxidation sites excluding steroid dienone is 1. The molecule has 0 aliphatic carbocycles. The van der Waals surface area contributed by atoms with Crippen molar-refractivity contribution in [1.29, 1.82) is 0 Å². The van der Waals surface area contributed by atoms with E-state index in [-0.39, 0.29) is 11.5 Å². The van der Waals surface area contributed by atoms with Crippen molar-refractivity contribution < 1.29 is 22.7 Å². The fraction of sp³-hybridized carbons (Fsp3) is 0.0714. The van der Waals surface area contributed by atoms with Crippen molar-refractivity contribution in [2.45, 2.75) is 6.61 Å². The second kappa shape index (κ2) is 5.95. The van der Waals surface area contributed by atoms with Crippen molar-refractivity contribution in [3.8, 4) is 5.75 Å². The Morgan fingerprint density at radius 3 is 2.53 bits per heavy atom. The van der Waals surface area contributed by atoms with Crippen molar-refractivity contribution in [1.82, 2.24) is 0 Å². The highest BCUT2D eigenvalue weighted by Gasteiger charge is 2.06. The highest BCUT2D eigenvalue weighted by Crippen LogP contribution is 2.15. The quantitative estimate of drug-likeness (QED) is 0.609. The van der Waals surface area contributed by atoms with E-state index in [0.29, 0.717) is 11.3 Å². The van der Waals surface area contributed by atoms with Gasteiger partial charge in [-0.3, -0.25) is 4.79 Å². The lowest BCUT2D eigenvalue weighted by Gasteiger charge is -2.04. The Morgan fingerprint density at radius 2 is 1.95 bits per heavy atom. The van der Waals surface area contributed by atoms with Gasteiger partial charge in [-0.05, 0) is 48.6 Å². The third kappa shape index (κ3) is 3.77. The second-order valence-corrected chi connectivity index (χ2v) is 3.62. The molecule has 0 saturated carbocycles. The van der Waals surface area contributed by atoms with E-state index in [2.05, 4.69) is 4.74 Å². The molecule has 2 aromatic rings. The first-order valence-corrected chi connectivity index (χ1v) is 5.46. The maximum atomic E-state index is 11.9. The van der Waals surface area contributed by atoms with Crippen LogP contribution in [0.3, 0.4) is 0 Å². The molecular weight excluding hydrogens is 254 g/mol. The number of hydrogen-bond donors (Lipinski definition) is 0. The molecule has 0 spiro atoms. The highest BCUT2D eigenvalue weighted by atomic mass is 19.3. The average molecular weight is 264 g/mol. The zero-order chi connectivity index (χ0) is 13.7. The van der Waals surface area contributed by atoms with Gasteiger partial charge in [0.1, 0.15) is 11.5 Å². The van der Waals surface area contributed by atoms with Gasteiger partial charge in [-0.15, -0.1) is 0 Å². The van der Waals surface area contributed by atoms with Crippen LogP contribution in [0.2, 0.25) is 0 Å². The van der Waals surface area contributed by atoms with Gasteiger partial charge in [-0.1, -0.05) is 0 Å². The molecule has 0 bridgehead atoms. The summed E-state index contributed by atoms with van der Waals surface area (Å²) >= 11 is 0. The van der Waals surface area contributed by atoms with Gasteiger partial charge in [0.25, 0.3) is 0 Å². The fourth-order valence-corrected chi connectivity index (χ4v) is 1.44. The fourth-order valence-electron chi connectivity index (χ4n) is 1.44. The van der Waals surface area contributed by atoms with E-state index in [9.17, 15) is 13.6 Å². The van der Waals surface area contributed by atoms with Crippen LogP contribution in [0.4, 0.5) is 8.78 Å². The molecule has 19 heavy (non-hydrogen) atoms. The van der Waals surface area contributed by atoms with Crippen LogP contribution in [-0.2, 0) is 0 Å². The number of furan rings is 1. The molecule has 0 saturated heterocycles. The number of alkyl halides is 2. The molecule has 0 aliphatic heterocycles. The van der Waals surface area contributed by atoms with Crippen LogP contribution in [0.25, 0.3) is 6.08 Å². The Morgan fingerprint density at radius 1 is 1.21 bits per heavy atom. The lowest BCUT2D eigenvalue weighted by Crippen LogP contribution is -2.02. The summed E-state index contributed by atoms with van der Waals surface area (Å²) in [6, 6.07) is 8.91. The normalized spacial score (nSPS) is 11.1. The molecule has 1 aromatic carbocycles. The summed E-state index contributed by atoms with van der Waals surface area (Å²) in [6.45, 7) is -2.87. The molecule has 1 aromatic heterocycles. The van der Waals surface area contributed by atoms with Gasteiger partial charge >= 0.3 is 6.61 Å². The molecule has 0 N–H and O–H groups in total. The molecule has 0 unspecified atom stereocenters. The molecule has 0 aliphatic rings. The van der Waals surface area contributed by atoms with Crippen molar-refractivity contribution in [3.05, 3.63) is 60.1 Å². The molecule has 0 radical (unpaired) electrons. The van der Waals surface area contributed by atoms with Crippen LogP contribution in [0, 0.1) is 0 Å². The van der Waals surface area contributed by atoms with Gasteiger partial charge in [0.2, 0.25) is 0 Å². The maximum Gasteiger partial charge on any atom is 0.387 e. The Kier molecular flexibility index (Phi) is 4.07. The molecular formula is C14H10F2O3. The van der Waals surface area contributed by atoms with Gasteiger partial charge in [-0.25, -0.2) is 0 Å². The molecule has 0 amide bonds. The van der Waals surface area contributed by atoms with E-state index in [1.165, 1.54) is 42.7 Å². The van der Waals surface area contributed by atoms with Crippen LogP contribution in [0.5, 0.6) is 5.75 Å². The average Bonchev–Trinajstić information content (AvgIpc) is 2.89. The first-order chi connectivity index (χ1) is 9.15. The summed E-state index contributed by atoms with van der Waals surface area (Å²) in [5, 5.41) is 0.